The zero-order valence-corrected chi connectivity index (χ0v) is 8.50. The van der Waals surface area contributed by atoms with Crippen molar-refractivity contribution in [1.82, 2.24) is 0 Å². The third kappa shape index (κ3) is 2.67. The highest BCUT2D eigenvalue weighted by Crippen LogP contribution is 2.18. The number of hydrogen-bond acceptors (Lipinski definition) is 3. The fourth-order valence-corrected chi connectivity index (χ4v) is 1.25. The molecule has 0 amide bonds. The number of nitrogens with one attached hydrogen (secondary N) is 1. The Hall–Kier alpha value is -1.60. The summed E-state index contributed by atoms with van der Waals surface area (Å²) in [5.74, 6) is -0.546. The standard InChI is InChI=1S/C11H13FN2O/c1-2-8(7-15)14-11-5-3-4-10(12)9(11)6-13/h3-5,8,14-15H,2,7H2,1H3/t8-/m0/s1. The zero-order chi connectivity index (χ0) is 11.3. The molecule has 0 radical (unpaired) electrons. The van der Waals surface area contributed by atoms with E-state index in [4.69, 9.17) is 10.4 Å². The third-order valence-electron chi connectivity index (χ3n) is 2.20. The van der Waals surface area contributed by atoms with Gasteiger partial charge < -0.3 is 10.4 Å². The van der Waals surface area contributed by atoms with Crippen molar-refractivity contribution in [1.29, 1.82) is 5.26 Å². The van der Waals surface area contributed by atoms with Gasteiger partial charge in [0.2, 0.25) is 0 Å². The van der Waals surface area contributed by atoms with Crippen LogP contribution in [0.3, 0.4) is 0 Å². The van der Waals surface area contributed by atoms with E-state index in [0.29, 0.717) is 12.1 Å². The Kier molecular flexibility index (Phi) is 4.07. The number of benzene rings is 1. The largest absolute Gasteiger partial charge is 0.394 e. The predicted octanol–water partition coefficient (Wildman–Crippen LogP) is 1.88. The minimum atomic E-state index is -0.546. The molecule has 1 rings (SSSR count). The van der Waals surface area contributed by atoms with Crippen molar-refractivity contribution in [3.63, 3.8) is 0 Å². The van der Waals surface area contributed by atoms with E-state index in [1.807, 2.05) is 6.92 Å². The van der Waals surface area contributed by atoms with Crippen molar-refractivity contribution in [3.05, 3.63) is 29.6 Å². The summed E-state index contributed by atoms with van der Waals surface area (Å²) < 4.78 is 13.2. The Morgan fingerprint density at radius 1 is 1.60 bits per heavy atom. The highest BCUT2D eigenvalue weighted by atomic mass is 19.1. The lowest BCUT2D eigenvalue weighted by Crippen LogP contribution is -2.23. The van der Waals surface area contributed by atoms with E-state index in [9.17, 15) is 4.39 Å². The van der Waals surface area contributed by atoms with Crippen LogP contribution in [0.15, 0.2) is 18.2 Å². The SMILES string of the molecule is CC[C@@H](CO)Nc1cccc(F)c1C#N. The second-order valence-electron chi connectivity index (χ2n) is 3.21. The second-order valence-corrected chi connectivity index (χ2v) is 3.21. The minimum absolute atomic E-state index is 0.00981. The second kappa shape index (κ2) is 5.32. The molecule has 0 bridgehead atoms. The first-order valence-corrected chi connectivity index (χ1v) is 4.79. The molecule has 4 heteroatoms. The highest BCUT2D eigenvalue weighted by Gasteiger charge is 2.10. The van der Waals surface area contributed by atoms with Gasteiger partial charge in [0.25, 0.3) is 0 Å². The predicted molar refractivity (Wildman–Crippen MR) is 55.9 cm³/mol. The summed E-state index contributed by atoms with van der Waals surface area (Å²) in [5, 5.41) is 20.7. The molecule has 0 aliphatic heterocycles. The van der Waals surface area contributed by atoms with E-state index < -0.39 is 5.82 Å². The van der Waals surface area contributed by atoms with E-state index in [0.717, 1.165) is 0 Å². The Balaban J connectivity index is 2.95. The first-order chi connectivity index (χ1) is 7.22. The topological polar surface area (TPSA) is 56.0 Å². The van der Waals surface area contributed by atoms with Crippen LogP contribution in [0, 0.1) is 17.1 Å². The first-order valence-electron chi connectivity index (χ1n) is 4.79. The van der Waals surface area contributed by atoms with Crippen LogP contribution in [0.4, 0.5) is 10.1 Å². The number of anilines is 1. The molecule has 3 nitrogen and oxygen atoms in total. The number of aliphatic hydroxyl groups is 1. The number of nitrogens with zero attached hydrogens (tertiary/aromatic N) is 1. The number of nitriles is 1. The molecule has 0 aliphatic rings. The smallest absolute Gasteiger partial charge is 0.143 e. The van der Waals surface area contributed by atoms with Gasteiger partial charge in [-0.15, -0.1) is 0 Å². The molecular weight excluding hydrogens is 195 g/mol. The molecule has 0 heterocycles. The van der Waals surface area contributed by atoms with Crippen molar-refractivity contribution in [2.45, 2.75) is 19.4 Å². The average molecular weight is 208 g/mol. The molecule has 0 aliphatic carbocycles. The van der Waals surface area contributed by atoms with Crippen LogP contribution in [0.1, 0.15) is 18.9 Å². The van der Waals surface area contributed by atoms with E-state index in [2.05, 4.69) is 5.32 Å². The molecule has 0 saturated carbocycles. The molecule has 0 fully saturated rings. The summed E-state index contributed by atoms with van der Waals surface area (Å²) in [6.07, 6.45) is 0.706. The Morgan fingerprint density at radius 3 is 2.87 bits per heavy atom. The van der Waals surface area contributed by atoms with Gasteiger partial charge in [-0.25, -0.2) is 4.39 Å². The van der Waals surface area contributed by atoms with Gasteiger partial charge in [0.1, 0.15) is 17.4 Å². The van der Waals surface area contributed by atoms with Gasteiger partial charge in [0.15, 0.2) is 0 Å². The van der Waals surface area contributed by atoms with E-state index >= 15 is 0 Å². The van der Waals surface area contributed by atoms with E-state index in [1.54, 1.807) is 12.1 Å². The normalized spacial score (nSPS) is 11.9. The molecule has 2 N–H and O–H groups in total. The Bertz CT molecular complexity index is 369. The maximum absolute atomic E-state index is 13.2. The van der Waals surface area contributed by atoms with Gasteiger partial charge >= 0.3 is 0 Å². The quantitative estimate of drug-likeness (QED) is 0.794. The summed E-state index contributed by atoms with van der Waals surface area (Å²) in [6.45, 7) is 1.86. The number of halogens is 1. The highest BCUT2D eigenvalue weighted by molar-refractivity contribution is 5.58. The molecule has 1 aromatic rings. The zero-order valence-electron chi connectivity index (χ0n) is 8.50. The van der Waals surface area contributed by atoms with Crippen LogP contribution in [0.2, 0.25) is 0 Å². The lowest BCUT2D eigenvalue weighted by atomic mass is 10.1. The Labute approximate surface area is 88.2 Å². The van der Waals surface area contributed by atoms with Crippen molar-refractivity contribution in [2.24, 2.45) is 0 Å². The molecular formula is C11H13FN2O. The average Bonchev–Trinajstić information content (AvgIpc) is 2.26. The van der Waals surface area contributed by atoms with E-state index in [1.165, 1.54) is 12.1 Å². The molecule has 0 aromatic heterocycles. The van der Waals surface area contributed by atoms with Crippen molar-refractivity contribution in [2.75, 3.05) is 11.9 Å². The number of rotatable bonds is 4. The fourth-order valence-electron chi connectivity index (χ4n) is 1.25. The van der Waals surface area contributed by atoms with Crippen molar-refractivity contribution in [3.8, 4) is 6.07 Å². The van der Waals surface area contributed by atoms with Gasteiger partial charge in [-0.3, -0.25) is 0 Å². The maximum atomic E-state index is 13.2. The molecule has 15 heavy (non-hydrogen) atoms. The van der Waals surface area contributed by atoms with Gasteiger partial charge in [0.05, 0.1) is 12.3 Å². The molecule has 0 saturated heterocycles. The van der Waals surface area contributed by atoms with Crippen LogP contribution in [0.25, 0.3) is 0 Å². The summed E-state index contributed by atoms with van der Waals surface area (Å²) in [5.41, 5.74) is 0.419. The molecule has 1 atom stereocenters. The number of aliphatic hydroxyl groups excluding tert-OH is 1. The van der Waals surface area contributed by atoms with E-state index in [-0.39, 0.29) is 18.2 Å². The van der Waals surface area contributed by atoms with Crippen LogP contribution < -0.4 is 5.32 Å². The summed E-state index contributed by atoms with van der Waals surface area (Å²) in [6, 6.07) is 6.04. The lowest BCUT2D eigenvalue weighted by molar-refractivity contribution is 0.272. The van der Waals surface area contributed by atoms with Crippen LogP contribution >= 0.6 is 0 Å². The van der Waals surface area contributed by atoms with Crippen molar-refractivity contribution >= 4 is 5.69 Å². The van der Waals surface area contributed by atoms with Crippen LogP contribution in [-0.2, 0) is 0 Å². The van der Waals surface area contributed by atoms with Crippen LogP contribution in [-0.4, -0.2) is 17.8 Å². The van der Waals surface area contributed by atoms with Crippen molar-refractivity contribution < 1.29 is 9.50 Å². The fraction of sp³-hybridized carbons (Fsp3) is 0.364. The van der Waals surface area contributed by atoms with Gasteiger partial charge in [0, 0.05) is 6.04 Å². The monoisotopic (exact) mass is 208 g/mol. The summed E-state index contributed by atoms with van der Waals surface area (Å²) in [7, 11) is 0. The summed E-state index contributed by atoms with van der Waals surface area (Å²) in [4.78, 5) is 0. The third-order valence-corrected chi connectivity index (χ3v) is 2.20. The molecule has 80 valence electrons. The molecule has 0 spiro atoms. The first kappa shape index (κ1) is 11.5. The molecule has 1 aromatic carbocycles. The lowest BCUT2D eigenvalue weighted by Gasteiger charge is -2.16. The van der Waals surface area contributed by atoms with Gasteiger partial charge in [-0.2, -0.15) is 5.26 Å². The van der Waals surface area contributed by atoms with Crippen LogP contribution in [0.5, 0.6) is 0 Å². The maximum Gasteiger partial charge on any atom is 0.143 e. The number of hydrogen-bond donors (Lipinski definition) is 2. The van der Waals surface area contributed by atoms with Gasteiger partial charge in [-0.1, -0.05) is 13.0 Å². The molecule has 0 unspecified atom stereocenters. The Morgan fingerprint density at radius 2 is 2.33 bits per heavy atom. The summed E-state index contributed by atoms with van der Waals surface area (Å²) >= 11 is 0. The van der Waals surface area contributed by atoms with Gasteiger partial charge in [-0.05, 0) is 18.6 Å². The minimum Gasteiger partial charge on any atom is -0.394 e.